The van der Waals surface area contributed by atoms with Crippen LogP contribution in [0.15, 0.2) is 42.7 Å². The van der Waals surface area contributed by atoms with E-state index in [1.807, 2.05) is 18.2 Å². The molecule has 0 radical (unpaired) electrons. The van der Waals surface area contributed by atoms with Gasteiger partial charge in [-0.15, -0.1) is 11.6 Å². The minimum atomic E-state index is 0.531. The van der Waals surface area contributed by atoms with E-state index in [-0.39, 0.29) is 0 Å². The van der Waals surface area contributed by atoms with Crippen LogP contribution in [0.25, 0.3) is 16.7 Å². The van der Waals surface area contributed by atoms with E-state index < -0.39 is 0 Å². The second-order valence-electron chi connectivity index (χ2n) is 4.73. The van der Waals surface area contributed by atoms with E-state index in [1.165, 1.54) is 0 Å². The van der Waals surface area contributed by atoms with Gasteiger partial charge in [-0.05, 0) is 12.1 Å². The van der Waals surface area contributed by atoms with Gasteiger partial charge >= 0.3 is 0 Å². The number of alkyl halides is 1. The average Bonchev–Trinajstić information content (AvgIpc) is 2.86. The molecule has 3 aromatic rings. The number of ether oxygens (including phenoxy) is 1. The van der Waals surface area contributed by atoms with Crippen molar-refractivity contribution in [3.05, 3.63) is 54.1 Å². The van der Waals surface area contributed by atoms with Crippen molar-refractivity contribution in [2.24, 2.45) is 0 Å². The molecule has 0 aliphatic heterocycles. The van der Waals surface area contributed by atoms with Crippen LogP contribution in [0, 0.1) is 0 Å². The summed E-state index contributed by atoms with van der Waals surface area (Å²) < 4.78 is 7.45. The van der Waals surface area contributed by atoms with Crippen molar-refractivity contribution < 1.29 is 4.74 Å². The molecular formula is C16H16ClN3O. The summed E-state index contributed by atoms with van der Waals surface area (Å²) in [6.07, 6.45) is 4.27. The molecule has 2 heterocycles. The Morgan fingerprint density at radius 1 is 1.24 bits per heavy atom. The van der Waals surface area contributed by atoms with Gasteiger partial charge in [-0.25, -0.2) is 4.98 Å². The third-order valence-electron chi connectivity index (χ3n) is 3.38. The third-order valence-corrected chi connectivity index (χ3v) is 3.57. The molecule has 0 fully saturated rings. The first kappa shape index (κ1) is 14.0. The number of fused-ring (bicyclic) bond motifs is 1. The second kappa shape index (κ2) is 6.24. The number of aryl methyl sites for hydroxylation is 1. The summed E-state index contributed by atoms with van der Waals surface area (Å²) in [7, 11) is 1.70. The SMILES string of the molecule is COCc1ccccc1-n1c(CCCl)nc2cnccc21. The summed E-state index contributed by atoms with van der Waals surface area (Å²) in [5, 5.41) is 0. The Morgan fingerprint density at radius 2 is 2.10 bits per heavy atom. The Balaban J connectivity index is 2.25. The molecule has 108 valence electrons. The molecule has 0 N–H and O–H groups in total. The molecule has 0 saturated carbocycles. The van der Waals surface area contributed by atoms with E-state index in [0.29, 0.717) is 18.9 Å². The van der Waals surface area contributed by atoms with Crippen LogP contribution in [0.4, 0.5) is 0 Å². The van der Waals surface area contributed by atoms with Gasteiger partial charge < -0.3 is 4.74 Å². The van der Waals surface area contributed by atoms with E-state index in [9.17, 15) is 0 Å². The molecule has 0 aliphatic carbocycles. The third kappa shape index (κ3) is 2.64. The van der Waals surface area contributed by atoms with Gasteiger partial charge in [0, 0.05) is 31.2 Å². The predicted molar refractivity (Wildman–Crippen MR) is 84.0 cm³/mol. The first-order valence-corrected chi connectivity index (χ1v) is 7.33. The number of rotatable bonds is 5. The molecule has 2 aromatic heterocycles. The van der Waals surface area contributed by atoms with Crippen LogP contribution >= 0.6 is 11.6 Å². The molecule has 21 heavy (non-hydrogen) atoms. The number of aromatic nitrogens is 3. The number of halogens is 1. The van der Waals surface area contributed by atoms with E-state index in [2.05, 4.69) is 26.7 Å². The molecule has 0 saturated heterocycles. The molecule has 0 bridgehead atoms. The smallest absolute Gasteiger partial charge is 0.115 e. The van der Waals surface area contributed by atoms with Crippen molar-refractivity contribution >= 4 is 22.6 Å². The quantitative estimate of drug-likeness (QED) is 0.679. The van der Waals surface area contributed by atoms with Gasteiger partial charge in [0.05, 0.1) is 24.0 Å². The van der Waals surface area contributed by atoms with Crippen molar-refractivity contribution in [1.82, 2.24) is 14.5 Å². The van der Waals surface area contributed by atoms with Gasteiger partial charge in [0.25, 0.3) is 0 Å². The lowest BCUT2D eigenvalue weighted by atomic mass is 10.1. The monoisotopic (exact) mass is 301 g/mol. The zero-order valence-corrected chi connectivity index (χ0v) is 12.5. The first-order valence-electron chi connectivity index (χ1n) is 6.79. The van der Waals surface area contributed by atoms with Crippen LogP contribution < -0.4 is 0 Å². The van der Waals surface area contributed by atoms with E-state index in [0.717, 1.165) is 28.1 Å². The zero-order valence-electron chi connectivity index (χ0n) is 11.8. The standard InChI is InChI=1S/C16H16ClN3O/c1-21-11-12-4-2-3-5-14(12)20-15-7-9-18-10-13(15)19-16(20)6-8-17/h2-5,7,9-10H,6,8,11H2,1H3. The molecule has 4 nitrogen and oxygen atoms in total. The average molecular weight is 302 g/mol. The summed E-state index contributed by atoms with van der Waals surface area (Å²) >= 11 is 5.93. The van der Waals surface area contributed by atoms with E-state index in [4.69, 9.17) is 16.3 Å². The maximum absolute atomic E-state index is 5.93. The lowest BCUT2D eigenvalue weighted by Crippen LogP contribution is -2.06. The predicted octanol–water partition coefficient (Wildman–Crippen LogP) is 3.35. The highest BCUT2D eigenvalue weighted by atomic mass is 35.5. The highest BCUT2D eigenvalue weighted by Gasteiger charge is 2.14. The van der Waals surface area contributed by atoms with Crippen molar-refractivity contribution in [1.29, 1.82) is 0 Å². The van der Waals surface area contributed by atoms with Crippen LogP contribution in [0.5, 0.6) is 0 Å². The van der Waals surface area contributed by atoms with E-state index >= 15 is 0 Å². The molecule has 3 rings (SSSR count). The minimum absolute atomic E-state index is 0.531. The zero-order chi connectivity index (χ0) is 14.7. The molecule has 5 heteroatoms. The molecular weight excluding hydrogens is 286 g/mol. The van der Waals surface area contributed by atoms with Gasteiger partial charge in [0.1, 0.15) is 11.3 Å². The number of imidazole rings is 1. The molecule has 0 aliphatic rings. The summed E-state index contributed by atoms with van der Waals surface area (Å²) in [5.74, 6) is 1.47. The number of benzene rings is 1. The fourth-order valence-corrected chi connectivity index (χ4v) is 2.68. The van der Waals surface area contributed by atoms with Gasteiger partial charge in [-0.1, -0.05) is 18.2 Å². The lowest BCUT2D eigenvalue weighted by Gasteiger charge is -2.13. The highest BCUT2D eigenvalue weighted by Crippen LogP contribution is 2.24. The number of hydrogen-bond donors (Lipinski definition) is 0. The van der Waals surface area contributed by atoms with Crippen LogP contribution in [-0.4, -0.2) is 27.5 Å². The second-order valence-corrected chi connectivity index (χ2v) is 5.11. The number of pyridine rings is 1. The molecule has 0 amide bonds. The molecule has 1 aromatic carbocycles. The molecule has 0 spiro atoms. The topological polar surface area (TPSA) is 39.9 Å². The Labute approximate surface area is 128 Å². The highest BCUT2D eigenvalue weighted by molar-refractivity contribution is 6.17. The summed E-state index contributed by atoms with van der Waals surface area (Å²) in [6.45, 7) is 0.557. The molecule has 0 unspecified atom stereocenters. The van der Waals surface area contributed by atoms with Crippen LogP contribution in [0.2, 0.25) is 0 Å². The van der Waals surface area contributed by atoms with Crippen molar-refractivity contribution in [3.63, 3.8) is 0 Å². The number of hydrogen-bond acceptors (Lipinski definition) is 3. The lowest BCUT2D eigenvalue weighted by molar-refractivity contribution is 0.185. The van der Waals surface area contributed by atoms with Gasteiger partial charge in [0.2, 0.25) is 0 Å². The largest absolute Gasteiger partial charge is 0.380 e. The summed E-state index contributed by atoms with van der Waals surface area (Å²) in [6, 6.07) is 10.2. The Kier molecular flexibility index (Phi) is 4.18. The van der Waals surface area contributed by atoms with Gasteiger partial charge in [-0.2, -0.15) is 0 Å². The molecule has 0 atom stereocenters. The maximum atomic E-state index is 5.93. The number of methoxy groups -OCH3 is 1. The van der Waals surface area contributed by atoms with Crippen molar-refractivity contribution in [2.75, 3.05) is 13.0 Å². The van der Waals surface area contributed by atoms with Crippen LogP contribution in [0.1, 0.15) is 11.4 Å². The summed E-state index contributed by atoms with van der Waals surface area (Å²) in [4.78, 5) is 8.80. The first-order chi connectivity index (χ1) is 10.3. The van der Waals surface area contributed by atoms with Gasteiger partial charge in [-0.3, -0.25) is 9.55 Å². The fraction of sp³-hybridized carbons (Fsp3) is 0.250. The summed E-state index contributed by atoms with van der Waals surface area (Å²) in [5.41, 5.74) is 4.11. The Morgan fingerprint density at radius 3 is 2.90 bits per heavy atom. The fourth-order valence-electron chi connectivity index (χ4n) is 2.51. The Hall–Kier alpha value is -1.91. The van der Waals surface area contributed by atoms with Crippen LogP contribution in [0.3, 0.4) is 0 Å². The van der Waals surface area contributed by atoms with Crippen LogP contribution in [-0.2, 0) is 17.8 Å². The normalized spacial score (nSPS) is 11.1. The van der Waals surface area contributed by atoms with Crippen molar-refractivity contribution in [2.45, 2.75) is 13.0 Å². The minimum Gasteiger partial charge on any atom is -0.380 e. The number of nitrogens with zero attached hydrogens (tertiary/aromatic N) is 3. The van der Waals surface area contributed by atoms with Crippen molar-refractivity contribution in [3.8, 4) is 5.69 Å². The number of para-hydroxylation sites is 1. The van der Waals surface area contributed by atoms with E-state index in [1.54, 1.807) is 19.5 Å². The van der Waals surface area contributed by atoms with Gasteiger partial charge in [0.15, 0.2) is 0 Å². The maximum Gasteiger partial charge on any atom is 0.115 e. The Bertz CT molecular complexity index is 754.